The first-order chi connectivity index (χ1) is 12.1. The molecule has 0 bridgehead atoms. The van der Waals surface area contributed by atoms with Crippen molar-refractivity contribution in [3.8, 4) is 11.5 Å². The number of aromatic nitrogens is 2. The van der Waals surface area contributed by atoms with Gasteiger partial charge in [0.05, 0.1) is 33.0 Å². The van der Waals surface area contributed by atoms with Crippen molar-refractivity contribution >= 4 is 21.9 Å². The Kier molecular flexibility index (Phi) is 7.12. The van der Waals surface area contributed by atoms with Crippen LogP contribution in [0.1, 0.15) is 18.2 Å². The molecule has 0 aliphatic carbocycles. The van der Waals surface area contributed by atoms with Crippen molar-refractivity contribution in [3.05, 3.63) is 40.1 Å². The van der Waals surface area contributed by atoms with E-state index in [1.807, 2.05) is 36.9 Å². The summed E-state index contributed by atoms with van der Waals surface area (Å²) in [5.41, 5.74) is 2.09. The van der Waals surface area contributed by atoms with Gasteiger partial charge in [-0.3, -0.25) is 4.68 Å². The fourth-order valence-corrected chi connectivity index (χ4v) is 2.72. The molecule has 1 aromatic heterocycles. The average Bonchev–Trinajstić information content (AvgIpc) is 3.02. The van der Waals surface area contributed by atoms with Gasteiger partial charge in [-0.05, 0) is 30.7 Å². The normalized spacial score (nSPS) is 11.3. The summed E-state index contributed by atoms with van der Waals surface area (Å²) in [6.45, 7) is 3.97. The van der Waals surface area contributed by atoms with Gasteiger partial charge in [0.25, 0.3) is 0 Å². The van der Waals surface area contributed by atoms with E-state index in [1.165, 1.54) is 0 Å². The van der Waals surface area contributed by atoms with E-state index in [-0.39, 0.29) is 0 Å². The zero-order chi connectivity index (χ0) is 18.2. The number of ether oxygens (including phenoxy) is 2. The highest BCUT2D eigenvalue weighted by Gasteiger charge is 2.10. The molecule has 136 valence electrons. The van der Waals surface area contributed by atoms with Gasteiger partial charge in [-0.15, -0.1) is 0 Å². The Labute approximate surface area is 156 Å². The zero-order valence-corrected chi connectivity index (χ0v) is 16.6. The summed E-state index contributed by atoms with van der Waals surface area (Å²) in [7, 11) is 5.16. The van der Waals surface area contributed by atoms with Crippen LogP contribution < -0.4 is 20.1 Å². The van der Waals surface area contributed by atoms with E-state index in [1.54, 1.807) is 20.4 Å². The van der Waals surface area contributed by atoms with E-state index in [9.17, 15) is 0 Å². The van der Waals surface area contributed by atoms with Gasteiger partial charge >= 0.3 is 0 Å². The van der Waals surface area contributed by atoms with Gasteiger partial charge < -0.3 is 20.1 Å². The van der Waals surface area contributed by atoms with Gasteiger partial charge in [0, 0.05) is 24.3 Å². The predicted molar refractivity (Wildman–Crippen MR) is 102 cm³/mol. The largest absolute Gasteiger partial charge is 0.493 e. The van der Waals surface area contributed by atoms with Crippen molar-refractivity contribution in [2.45, 2.75) is 20.0 Å². The molecule has 0 unspecified atom stereocenters. The highest BCUT2D eigenvalue weighted by atomic mass is 79.9. The molecule has 2 N–H and O–H groups in total. The quantitative estimate of drug-likeness (QED) is 0.542. The highest BCUT2D eigenvalue weighted by molar-refractivity contribution is 9.10. The molecule has 0 spiro atoms. The second-order valence-electron chi connectivity index (χ2n) is 5.29. The van der Waals surface area contributed by atoms with Crippen LogP contribution in [0.3, 0.4) is 0 Å². The molecule has 0 amide bonds. The number of benzene rings is 1. The Bertz CT molecular complexity index is 730. The predicted octanol–water partition coefficient (Wildman–Crippen LogP) is 2.46. The van der Waals surface area contributed by atoms with Gasteiger partial charge in [-0.25, -0.2) is 4.99 Å². The lowest BCUT2D eigenvalue weighted by molar-refractivity contribution is 0.354. The number of hydrogen-bond donors (Lipinski definition) is 2. The molecule has 1 heterocycles. The molecule has 2 rings (SSSR count). The Morgan fingerprint density at radius 1 is 1.24 bits per heavy atom. The fourth-order valence-electron chi connectivity index (χ4n) is 2.27. The van der Waals surface area contributed by atoms with Crippen LogP contribution in [0, 0.1) is 0 Å². The first-order valence-corrected chi connectivity index (χ1v) is 8.77. The van der Waals surface area contributed by atoms with Gasteiger partial charge in [0.2, 0.25) is 0 Å². The molecule has 0 saturated heterocycles. The molecule has 1 aromatic carbocycles. The third kappa shape index (κ3) is 5.12. The molecule has 2 aromatic rings. The lowest BCUT2D eigenvalue weighted by Gasteiger charge is -2.13. The maximum absolute atomic E-state index is 5.36. The Morgan fingerprint density at radius 3 is 2.56 bits per heavy atom. The van der Waals surface area contributed by atoms with Crippen molar-refractivity contribution < 1.29 is 9.47 Å². The summed E-state index contributed by atoms with van der Waals surface area (Å²) in [5, 5.41) is 10.7. The summed E-state index contributed by atoms with van der Waals surface area (Å²) < 4.78 is 13.4. The van der Waals surface area contributed by atoms with Crippen LogP contribution in [0.25, 0.3) is 0 Å². The van der Waals surface area contributed by atoms with E-state index in [2.05, 4.69) is 36.7 Å². The molecule has 8 heteroatoms. The van der Waals surface area contributed by atoms with E-state index in [0.717, 1.165) is 28.2 Å². The van der Waals surface area contributed by atoms with Crippen LogP contribution in [0.4, 0.5) is 0 Å². The van der Waals surface area contributed by atoms with Crippen molar-refractivity contribution in [1.29, 1.82) is 0 Å². The van der Waals surface area contributed by atoms with Gasteiger partial charge in [-0.2, -0.15) is 5.10 Å². The van der Waals surface area contributed by atoms with Crippen LogP contribution in [0.15, 0.2) is 33.9 Å². The van der Waals surface area contributed by atoms with Crippen molar-refractivity contribution in [2.75, 3.05) is 20.8 Å². The number of hydrogen-bond acceptors (Lipinski definition) is 4. The summed E-state index contributed by atoms with van der Waals surface area (Å²) in [6.07, 6.45) is 1.78. The van der Waals surface area contributed by atoms with Crippen molar-refractivity contribution in [3.63, 3.8) is 0 Å². The van der Waals surface area contributed by atoms with Crippen LogP contribution in [0.5, 0.6) is 11.5 Å². The van der Waals surface area contributed by atoms with Crippen LogP contribution in [-0.4, -0.2) is 36.5 Å². The topological polar surface area (TPSA) is 72.7 Å². The number of methoxy groups -OCH3 is 2. The van der Waals surface area contributed by atoms with E-state index in [4.69, 9.17) is 9.47 Å². The minimum Gasteiger partial charge on any atom is -0.493 e. The second kappa shape index (κ2) is 9.31. The molecular formula is C17H24BrN5O2. The summed E-state index contributed by atoms with van der Waals surface area (Å²) in [6, 6.07) is 5.79. The van der Waals surface area contributed by atoms with E-state index < -0.39 is 0 Å². The second-order valence-corrected chi connectivity index (χ2v) is 6.15. The molecule has 0 saturated carbocycles. The number of nitrogens with zero attached hydrogens (tertiary/aromatic N) is 3. The highest BCUT2D eigenvalue weighted by Crippen LogP contribution is 2.33. The van der Waals surface area contributed by atoms with Gasteiger partial charge in [-0.1, -0.05) is 15.9 Å². The maximum Gasteiger partial charge on any atom is 0.191 e. The number of nitrogens with one attached hydrogen (secondary N) is 2. The average molecular weight is 410 g/mol. The van der Waals surface area contributed by atoms with Crippen LogP contribution in [0.2, 0.25) is 0 Å². The fraction of sp³-hybridized carbons (Fsp3) is 0.412. The molecule has 25 heavy (non-hydrogen) atoms. The van der Waals surface area contributed by atoms with Gasteiger partial charge in [0.1, 0.15) is 0 Å². The molecular weight excluding hydrogens is 386 g/mol. The third-order valence-corrected chi connectivity index (χ3v) is 4.40. The summed E-state index contributed by atoms with van der Waals surface area (Å²) in [5.74, 6) is 2.11. The SMILES string of the molecule is CCNC(=NCc1cc(OC)c(OC)cc1Br)NCc1ccnn1C. The molecule has 0 fully saturated rings. The number of halogens is 1. The van der Waals surface area contributed by atoms with Crippen LogP contribution in [-0.2, 0) is 20.1 Å². The molecule has 0 atom stereocenters. The monoisotopic (exact) mass is 409 g/mol. The number of rotatable bonds is 7. The maximum atomic E-state index is 5.36. The number of aryl methyl sites for hydroxylation is 1. The first kappa shape index (κ1) is 19.1. The van der Waals surface area contributed by atoms with Gasteiger partial charge in [0.15, 0.2) is 17.5 Å². The summed E-state index contributed by atoms with van der Waals surface area (Å²) >= 11 is 3.56. The van der Waals surface area contributed by atoms with E-state index >= 15 is 0 Å². The molecule has 0 aliphatic heterocycles. The minimum absolute atomic E-state index is 0.502. The van der Waals surface area contributed by atoms with Crippen molar-refractivity contribution in [2.24, 2.45) is 12.0 Å². The zero-order valence-electron chi connectivity index (χ0n) is 15.0. The van der Waals surface area contributed by atoms with E-state index in [0.29, 0.717) is 24.6 Å². The minimum atomic E-state index is 0.502. The molecule has 7 nitrogen and oxygen atoms in total. The molecule has 0 radical (unpaired) electrons. The standard InChI is InChI=1S/C17H24BrN5O2/c1-5-19-17(21-11-13-6-7-22-23(13)2)20-10-12-8-15(24-3)16(25-4)9-14(12)18/h6-9H,5,10-11H2,1-4H3,(H2,19,20,21). The Balaban J connectivity index is 2.11. The first-order valence-electron chi connectivity index (χ1n) is 7.98. The number of guanidine groups is 1. The lowest BCUT2D eigenvalue weighted by atomic mass is 10.2. The van der Waals surface area contributed by atoms with Crippen LogP contribution >= 0.6 is 15.9 Å². The Morgan fingerprint density at radius 2 is 1.96 bits per heavy atom. The third-order valence-electron chi connectivity index (χ3n) is 3.66. The number of aliphatic imine (C=N–C) groups is 1. The smallest absolute Gasteiger partial charge is 0.191 e. The lowest BCUT2D eigenvalue weighted by Crippen LogP contribution is -2.37. The summed E-state index contributed by atoms with van der Waals surface area (Å²) in [4.78, 5) is 4.64. The molecule has 0 aliphatic rings. The Hall–Kier alpha value is -2.22. The van der Waals surface area contributed by atoms with Crippen molar-refractivity contribution in [1.82, 2.24) is 20.4 Å².